The molecule has 0 N–H and O–H groups in total. The molecule has 0 aliphatic heterocycles. The van der Waals surface area contributed by atoms with E-state index in [9.17, 15) is 6.85 Å². The van der Waals surface area contributed by atoms with Crippen LogP contribution in [0.2, 0.25) is 0 Å². The van der Waals surface area contributed by atoms with Gasteiger partial charge in [0, 0.05) is 49.8 Å². The first-order chi connectivity index (χ1) is 31.2. The summed E-state index contributed by atoms with van der Waals surface area (Å²) in [5.74, 6) is 0. The first kappa shape index (κ1) is 25.5. The van der Waals surface area contributed by atoms with Gasteiger partial charge >= 0.3 is 0 Å². The summed E-state index contributed by atoms with van der Waals surface area (Å²) in [6.45, 7) is 0. The summed E-state index contributed by atoms with van der Waals surface area (Å²) in [6.07, 6.45) is 0. The van der Waals surface area contributed by atoms with Crippen LogP contribution in [0.1, 0.15) is 9.60 Å². The molecule has 0 saturated carbocycles. The average molecular weight is 734 g/mol. The fourth-order valence-corrected chi connectivity index (χ4v) is 8.49. The number of rotatable bonds is 5. The molecule has 0 saturated heterocycles. The first-order valence-corrected chi connectivity index (χ1v) is 18.9. The number of hydrogen-bond donors (Lipinski definition) is 0. The van der Waals surface area contributed by atoms with Crippen LogP contribution >= 0.6 is 0 Å². The third-order valence-corrected chi connectivity index (χ3v) is 11.2. The lowest BCUT2D eigenvalue weighted by Crippen LogP contribution is -1.95. The molecule has 0 bridgehead atoms. The average Bonchev–Trinajstić information content (AvgIpc) is 4.00. The maximum atomic E-state index is 9.91. The van der Waals surface area contributed by atoms with Crippen molar-refractivity contribution in [3.05, 3.63) is 206 Å². The van der Waals surface area contributed by atoms with Gasteiger partial charge in [-0.2, -0.15) is 0 Å². The van der Waals surface area contributed by atoms with E-state index >= 15 is 0 Å². The standard InChI is InChI=1S/C54H34N2O/c1-3-12-35(13-4-1)37-16-11-17-41(30-37)56-51-29-24-39(32-48(51)44-26-22-40(33-52(44)56)36-14-5-2-6-15-36)38-23-28-50-47(31-38)43-18-7-9-20-49(43)55(50)42-25-27-46-45-19-8-10-21-53(45)57-54(46)34-42/h1-34H/i7D,9D,18D,20D,23D,28D,31D. The van der Waals surface area contributed by atoms with Gasteiger partial charge in [0.1, 0.15) is 11.2 Å². The molecule has 0 amide bonds. The van der Waals surface area contributed by atoms with Crippen LogP contribution in [-0.2, 0) is 0 Å². The Kier molecular flexibility index (Phi) is 5.56. The zero-order valence-corrected chi connectivity index (χ0v) is 30.4. The van der Waals surface area contributed by atoms with Crippen LogP contribution in [0.3, 0.4) is 0 Å². The molecule has 3 aromatic heterocycles. The molecule has 3 heteroatoms. The predicted octanol–water partition coefficient (Wildman–Crippen LogP) is 14.8. The Morgan fingerprint density at radius 1 is 0.333 bits per heavy atom. The van der Waals surface area contributed by atoms with Crippen molar-refractivity contribution in [3.8, 4) is 44.8 Å². The van der Waals surface area contributed by atoms with E-state index in [1.807, 2.05) is 91.0 Å². The molecule has 0 atom stereocenters. The summed E-state index contributed by atoms with van der Waals surface area (Å²) in [4.78, 5) is 0. The number of aromatic nitrogens is 2. The van der Waals surface area contributed by atoms with Gasteiger partial charge in [0.25, 0.3) is 0 Å². The van der Waals surface area contributed by atoms with E-state index < -0.39 is 12.1 Å². The molecule has 12 aromatic rings. The van der Waals surface area contributed by atoms with E-state index in [4.69, 9.17) is 7.16 Å². The number of fused-ring (bicyclic) bond motifs is 9. The number of furan rings is 1. The SMILES string of the molecule is [2H]c1c([2H])c([2H])c2c(c1[2H])c1c([2H])c(-c3ccc4c(c3)c3ccc(-c5ccccc5)cc3n4-c3cccc(-c4ccccc4)c3)c([2H])c([2H])c1n2-c1ccc2c(c1)oc1ccccc12. The molecule has 0 spiro atoms. The van der Waals surface area contributed by atoms with Gasteiger partial charge in [0.2, 0.25) is 0 Å². The smallest absolute Gasteiger partial charge is 0.137 e. The summed E-state index contributed by atoms with van der Waals surface area (Å²) in [7, 11) is 0. The van der Waals surface area contributed by atoms with Gasteiger partial charge < -0.3 is 13.6 Å². The van der Waals surface area contributed by atoms with Crippen molar-refractivity contribution in [2.45, 2.75) is 0 Å². The molecule has 266 valence electrons. The van der Waals surface area contributed by atoms with Crippen molar-refractivity contribution in [2.75, 3.05) is 0 Å². The number of nitrogens with zero attached hydrogens (tertiary/aromatic N) is 2. The van der Waals surface area contributed by atoms with Crippen LogP contribution in [-0.4, -0.2) is 9.13 Å². The zero-order chi connectivity index (χ0) is 43.5. The second kappa shape index (κ2) is 12.5. The lowest BCUT2D eigenvalue weighted by Gasteiger charge is -2.11. The van der Waals surface area contributed by atoms with Crippen LogP contribution in [0.4, 0.5) is 0 Å². The van der Waals surface area contributed by atoms with Gasteiger partial charge in [-0.1, -0.05) is 133 Å². The molecule has 0 radical (unpaired) electrons. The Balaban J connectivity index is 1.12. The first-order valence-electron chi connectivity index (χ1n) is 22.4. The van der Waals surface area contributed by atoms with Gasteiger partial charge in [-0.3, -0.25) is 0 Å². The fraction of sp³-hybridized carbons (Fsp3) is 0. The van der Waals surface area contributed by atoms with E-state index in [1.54, 1.807) is 10.6 Å². The van der Waals surface area contributed by atoms with Crippen LogP contribution in [0.25, 0.3) is 110 Å². The molecule has 3 nitrogen and oxygen atoms in total. The van der Waals surface area contributed by atoms with Gasteiger partial charge in [-0.05, 0) is 100 Å². The minimum Gasteiger partial charge on any atom is -0.456 e. The fourth-order valence-electron chi connectivity index (χ4n) is 8.49. The predicted molar refractivity (Wildman–Crippen MR) is 239 cm³/mol. The summed E-state index contributed by atoms with van der Waals surface area (Å²) >= 11 is 0. The van der Waals surface area contributed by atoms with E-state index in [0.717, 1.165) is 60.5 Å². The van der Waals surface area contributed by atoms with Crippen LogP contribution in [0, 0.1) is 0 Å². The summed E-state index contributed by atoms with van der Waals surface area (Å²) < 4.78 is 75.1. The number of para-hydroxylation sites is 2. The Bertz CT molecular complexity index is 3930. The van der Waals surface area contributed by atoms with Gasteiger partial charge in [0.15, 0.2) is 0 Å². The summed E-state index contributed by atoms with van der Waals surface area (Å²) in [6, 6.07) is 52.5. The minimum atomic E-state index is -0.438. The van der Waals surface area contributed by atoms with Crippen molar-refractivity contribution in [1.29, 1.82) is 0 Å². The van der Waals surface area contributed by atoms with Crippen molar-refractivity contribution in [3.63, 3.8) is 0 Å². The highest BCUT2D eigenvalue weighted by Gasteiger charge is 2.18. The Hall–Kier alpha value is -7.62. The maximum absolute atomic E-state index is 9.91. The molecule has 0 fully saturated rings. The van der Waals surface area contributed by atoms with Crippen LogP contribution in [0.15, 0.2) is 211 Å². The molecule has 57 heavy (non-hydrogen) atoms. The number of benzene rings is 9. The van der Waals surface area contributed by atoms with Crippen LogP contribution < -0.4 is 0 Å². The molecule has 0 unspecified atom stereocenters. The highest BCUT2D eigenvalue weighted by Crippen LogP contribution is 2.40. The second-order valence-corrected chi connectivity index (χ2v) is 14.4. The molecule has 3 heterocycles. The van der Waals surface area contributed by atoms with E-state index in [2.05, 4.69) is 71.3 Å². The molecular weight excluding hydrogens is 693 g/mol. The largest absolute Gasteiger partial charge is 0.456 e. The highest BCUT2D eigenvalue weighted by molar-refractivity contribution is 6.13. The Labute approximate surface area is 338 Å². The molecule has 0 aliphatic carbocycles. The van der Waals surface area contributed by atoms with Crippen molar-refractivity contribution >= 4 is 65.6 Å². The van der Waals surface area contributed by atoms with Gasteiger partial charge in [0.05, 0.1) is 31.7 Å². The van der Waals surface area contributed by atoms with E-state index in [1.165, 1.54) is 0 Å². The van der Waals surface area contributed by atoms with E-state index in [0.29, 0.717) is 22.4 Å². The highest BCUT2D eigenvalue weighted by atomic mass is 16.3. The lowest BCUT2D eigenvalue weighted by molar-refractivity contribution is 0.668. The van der Waals surface area contributed by atoms with Crippen molar-refractivity contribution in [1.82, 2.24) is 9.13 Å². The normalized spacial score (nSPS) is 13.6. The van der Waals surface area contributed by atoms with Gasteiger partial charge in [-0.15, -0.1) is 0 Å². The Morgan fingerprint density at radius 3 is 1.84 bits per heavy atom. The number of hydrogen-bond acceptors (Lipinski definition) is 1. The zero-order valence-electron chi connectivity index (χ0n) is 37.4. The molecular formula is C54H34N2O. The van der Waals surface area contributed by atoms with Crippen molar-refractivity contribution < 1.29 is 14.0 Å². The topological polar surface area (TPSA) is 23.0 Å². The molecule has 9 aromatic carbocycles. The summed E-state index contributed by atoms with van der Waals surface area (Å²) in [5.41, 5.74) is 9.97. The lowest BCUT2D eigenvalue weighted by atomic mass is 9.99. The third-order valence-electron chi connectivity index (χ3n) is 11.2. The molecule has 0 aliphatic rings. The second-order valence-electron chi connectivity index (χ2n) is 14.4. The minimum absolute atomic E-state index is 0.0976. The van der Waals surface area contributed by atoms with Crippen molar-refractivity contribution in [2.24, 2.45) is 0 Å². The maximum Gasteiger partial charge on any atom is 0.137 e. The van der Waals surface area contributed by atoms with Gasteiger partial charge in [-0.25, -0.2) is 0 Å². The summed E-state index contributed by atoms with van der Waals surface area (Å²) in [5, 5.41) is 3.96. The monoisotopic (exact) mass is 733 g/mol. The van der Waals surface area contributed by atoms with E-state index in [-0.39, 0.29) is 57.6 Å². The quantitative estimate of drug-likeness (QED) is 0.173. The van der Waals surface area contributed by atoms with Crippen LogP contribution in [0.5, 0.6) is 0 Å². The molecule has 12 rings (SSSR count). The third kappa shape index (κ3) is 4.99. The Morgan fingerprint density at radius 2 is 0.982 bits per heavy atom.